The van der Waals surface area contributed by atoms with Crippen LogP contribution in [-0.4, -0.2) is 31.2 Å². The zero-order chi connectivity index (χ0) is 23.4. The minimum Gasteiger partial charge on any atom is -0.480 e. The molecule has 10 heteroatoms. The molecule has 32 heavy (non-hydrogen) atoms. The van der Waals surface area contributed by atoms with Crippen molar-refractivity contribution in [3.05, 3.63) is 45.9 Å². The van der Waals surface area contributed by atoms with Gasteiger partial charge in [-0.15, -0.1) is 11.8 Å². The molecule has 1 aromatic carbocycles. The van der Waals surface area contributed by atoms with Gasteiger partial charge in [-0.05, 0) is 37.0 Å². The van der Waals surface area contributed by atoms with Crippen molar-refractivity contribution in [2.75, 3.05) is 5.75 Å². The van der Waals surface area contributed by atoms with E-state index in [2.05, 4.69) is 5.10 Å². The van der Waals surface area contributed by atoms with Gasteiger partial charge in [0, 0.05) is 23.2 Å². The number of hydrogen-bond acceptors (Lipinski definition) is 4. The maximum absolute atomic E-state index is 13.5. The van der Waals surface area contributed by atoms with E-state index in [1.54, 1.807) is 6.07 Å². The van der Waals surface area contributed by atoms with Crippen molar-refractivity contribution < 1.29 is 23.1 Å². The molecule has 0 spiro atoms. The number of carboxylic acid groups (broad SMARTS) is 1. The summed E-state index contributed by atoms with van der Waals surface area (Å²) in [5.41, 5.74) is 0.298. The van der Waals surface area contributed by atoms with Gasteiger partial charge in [0.2, 0.25) is 0 Å². The van der Waals surface area contributed by atoms with E-state index in [4.69, 9.17) is 0 Å². The molecule has 1 N–H and O–H groups in total. The van der Waals surface area contributed by atoms with E-state index >= 15 is 0 Å². The quantitative estimate of drug-likeness (QED) is 0.584. The molecule has 0 saturated carbocycles. The van der Waals surface area contributed by atoms with E-state index in [0.29, 0.717) is 34.6 Å². The van der Waals surface area contributed by atoms with E-state index < -0.39 is 29.3 Å². The molecule has 1 aliphatic rings. The number of nitrogens with zero attached hydrogens (tertiary/aromatic N) is 3. The van der Waals surface area contributed by atoms with Gasteiger partial charge in [-0.25, -0.2) is 4.79 Å². The van der Waals surface area contributed by atoms with Gasteiger partial charge in [0.1, 0.15) is 11.6 Å². The van der Waals surface area contributed by atoms with Crippen LogP contribution in [0.25, 0.3) is 22.0 Å². The Morgan fingerprint density at radius 3 is 2.66 bits per heavy atom. The van der Waals surface area contributed by atoms with E-state index in [9.17, 15) is 27.9 Å². The molecule has 6 nitrogen and oxygen atoms in total. The molecule has 0 unspecified atom stereocenters. The van der Waals surface area contributed by atoms with Gasteiger partial charge in [-0.1, -0.05) is 26.0 Å². The van der Waals surface area contributed by atoms with Crippen molar-refractivity contribution in [3.63, 3.8) is 0 Å². The number of aryl methyl sites for hydroxylation is 1. The number of rotatable bonds is 5. The standard InChI is InChI=1S/C22H22F3N3O3S/c1-4-27-18-17(14(26-27)8-11(2)3)16(12-6-5-7-13(9-12)22(23,24)25)20-28(19(18)29)15(10-32-20)21(30)31/h5-7,9,11,15H,4,8,10H2,1-3H3,(H,30,31)/t15-/m0/s1. The van der Waals surface area contributed by atoms with Gasteiger partial charge in [0.25, 0.3) is 5.56 Å². The largest absolute Gasteiger partial charge is 0.480 e. The SMILES string of the molecule is CCn1nc(CC(C)C)c2c(-c3cccc(C(F)(F)F)c3)c3n(c(=O)c21)[C@H](C(=O)O)CS3. The normalized spacial score (nSPS) is 16.2. The molecule has 3 heterocycles. The van der Waals surface area contributed by atoms with Crippen molar-refractivity contribution in [2.24, 2.45) is 5.92 Å². The highest BCUT2D eigenvalue weighted by atomic mass is 32.2. The van der Waals surface area contributed by atoms with E-state index in [1.165, 1.54) is 27.1 Å². The third-order valence-corrected chi connectivity index (χ3v) is 6.64. The Morgan fingerprint density at radius 2 is 2.06 bits per heavy atom. The summed E-state index contributed by atoms with van der Waals surface area (Å²) >= 11 is 1.18. The van der Waals surface area contributed by atoms with Crippen LogP contribution in [0.5, 0.6) is 0 Å². The zero-order valence-electron chi connectivity index (χ0n) is 17.7. The second kappa shape index (κ2) is 7.99. The van der Waals surface area contributed by atoms with Crippen LogP contribution < -0.4 is 5.56 Å². The van der Waals surface area contributed by atoms with Crippen LogP contribution >= 0.6 is 11.8 Å². The van der Waals surface area contributed by atoms with Gasteiger partial charge in [0.05, 0.1) is 16.3 Å². The van der Waals surface area contributed by atoms with Crippen molar-refractivity contribution in [2.45, 2.75) is 51.0 Å². The Hall–Kier alpha value is -2.75. The number of pyridine rings is 1. The Labute approximate surface area is 186 Å². The maximum atomic E-state index is 13.5. The molecule has 0 saturated heterocycles. The average Bonchev–Trinajstić information content (AvgIpc) is 3.30. The number of alkyl halides is 3. The summed E-state index contributed by atoms with van der Waals surface area (Å²) in [6.07, 6.45) is -4.00. The Kier molecular flexibility index (Phi) is 5.60. The number of halogens is 3. The highest BCUT2D eigenvalue weighted by Gasteiger charge is 2.37. The molecule has 1 aliphatic heterocycles. The lowest BCUT2D eigenvalue weighted by Gasteiger charge is -2.16. The summed E-state index contributed by atoms with van der Waals surface area (Å²) < 4.78 is 43.1. The molecular formula is C22H22F3N3O3S. The number of carbonyl (C=O) groups is 1. The number of aromatic nitrogens is 3. The lowest BCUT2D eigenvalue weighted by molar-refractivity contribution is -0.140. The van der Waals surface area contributed by atoms with Gasteiger partial charge >= 0.3 is 12.1 Å². The molecule has 0 aliphatic carbocycles. The first kappa shape index (κ1) is 22.4. The third kappa shape index (κ3) is 3.60. The van der Waals surface area contributed by atoms with E-state index in [1.807, 2.05) is 20.8 Å². The van der Waals surface area contributed by atoms with Crippen LogP contribution in [0.15, 0.2) is 34.1 Å². The van der Waals surface area contributed by atoms with Crippen LogP contribution in [-0.2, 0) is 23.9 Å². The second-order valence-corrected chi connectivity index (χ2v) is 9.19. The molecule has 1 atom stereocenters. The first-order chi connectivity index (χ1) is 15.0. The second-order valence-electron chi connectivity index (χ2n) is 8.18. The fourth-order valence-electron chi connectivity index (χ4n) is 4.14. The first-order valence-electron chi connectivity index (χ1n) is 10.3. The Bertz CT molecular complexity index is 1280. The minimum atomic E-state index is -4.53. The Balaban J connectivity index is 2.16. The van der Waals surface area contributed by atoms with E-state index in [0.717, 1.165) is 12.1 Å². The van der Waals surface area contributed by atoms with Crippen molar-refractivity contribution in [3.8, 4) is 11.1 Å². The van der Waals surface area contributed by atoms with Crippen LogP contribution in [0.3, 0.4) is 0 Å². The van der Waals surface area contributed by atoms with Gasteiger partial charge in [0.15, 0.2) is 0 Å². The number of aliphatic carboxylic acids is 1. The first-order valence-corrected chi connectivity index (χ1v) is 11.2. The average molecular weight is 465 g/mol. The summed E-state index contributed by atoms with van der Waals surface area (Å²) in [7, 11) is 0. The van der Waals surface area contributed by atoms with Crippen LogP contribution in [0, 0.1) is 5.92 Å². The predicted molar refractivity (Wildman–Crippen MR) is 116 cm³/mol. The number of thioether (sulfide) groups is 1. The highest BCUT2D eigenvalue weighted by molar-refractivity contribution is 7.99. The fourth-order valence-corrected chi connectivity index (χ4v) is 5.46. The number of hydrogen-bond donors (Lipinski definition) is 1. The fraction of sp³-hybridized carbons (Fsp3) is 0.409. The molecule has 3 aromatic rings. The third-order valence-electron chi connectivity index (χ3n) is 5.48. The number of fused-ring (bicyclic) bond motifs is 2. The Morgan fingerprint density at radius 1 is 1.34 bits per heavy atom. The number of carboxylic acids is 1. The summed E-state index contributed by atoms with van der Waals surface area (Å²) in [5, 5.41) is 15.2. The van der Waals surface area contributed by atoms with Gasteiger partial charge < -0.3 is 5.11 Å². The highest BCUT2D eigenvalue weighted by Crippen LogP contribution is 2.44. The topological polar surface area (TPSA) is 77.1 Å². The molecule has 4 rings (SSSR count). The smallest absolute Gasteiger partial charge is 0.416 e. The van der Waals surface area contributed by atoms with E-state index in [-0.39, 0.29) is 22.8 Å². The van der Waals surface area contributed by atoms with Crippen LogP contribution in [0.4, 0.5) is 13.2 Å². The molecule has 2 aromatic heterocycles. The molecule has 170 valence electrons. The molecular weight excluding hydrogens is 443 g/mol. The van der Waals surface area contributed by atoms with Gasteiger partial charge in [-0.3, -0.25) is 14.0 Å². The summed E-state index contributed by atoms with van der Waals surface area (Å²) in [5.74, 6) is -0.830. The lowest BCUT2D eigenvalue weighted by Crippen LogP contribution is -2.30. The van der Waals surface area contributed by atoms with Crippen LogP contribution in [0.1, 0.15) is 38.1 Å². The summed E-state index contributed by atoms with van der Waals surface area (Å²) in [6.45, 7) is 6.18. The molecule has 0 radical (unpaired) electrons. The molecule has 0 fully saturated rings. The molecule has 0 bridgehead atoms. The minimum absolute atomic E-state index is 0.127. The van der Waals surface area contributed by atoms with Gasteiger partial charge in [-0.2, -0.15) is 18.3 Å². The van der Waals surface area contributed by atoms with Crippen molar-refractivity contribution >= 4 is 28.6 Å². The monoisotopic (exact) mass is 465 g/mol. The number of benzene rings is 1. The zero-order valence-corrected chi connectivity index (χ0v) is 18.5. The summed E-state index contributed by atoms with van der Waals surface area (Å²) in [4.78, 5) is 25.3. The predicted octanol–water partition coefficient (Wildman–Crippen LogP) is 4.83. The van der Waals surface area contributed by atoms with Crippen molar-refractivity contribution in [1.82, 2.24) is 14.3 Å². The van der Waals surface area contributed by atoms with Crippen molar-refractivity contribution in [1.29, 1.82) is 0 Å². The maximum Gasteiger partial charge on any atom is 0.416 e. The summed E-state index contributed by atoms with van der Waals surface area (Å²) in [6, 6.07) is 3.84. The molecule has 0 amide bonds. The lowest BCUT2D eigenvalue weighted by atomic mass is 9.97. The van der Waals surface area contributed by atoms with Crippen LogP contribution in [0.2, 0.25) is 0 Å².